The fourth-order valence-electron chi connectivity index (χ4n) is 3.46. The van der Waals surface area contributed by atoms with Crippen LogP contribution >= 0.6 is 0 Å². The molecule has 0 saturated heterocycles. The molecule has 1 aliphatic rings. The summed E-state index contributed by atoms with van der Waals surface area (Å²) in [5.41, 5.74) is -0.161. The molecule has 10 nitrogen and oxygen atoms in total. The molecule has 0 fully saturated rings. The third-order valence-electron chi connectivity index (χ3n) is 4.78. The van der Waals surface area contributed by atoms with Crippen molar-refractivity contribution >= 4 is 25.9 Å². The second-order valence-electron chi connectivity index (χ2n) is 6.71. The highest BCUT2D eigenvalue weighted by Gasteiger charge is 2.63. The monoisotopic (exact) mass is 472 g/mol. The average Bonchev–Trinajstić information content (AvgIpc) is 2.79. The van der Waals surface area contributed by atoms with Crippen molar-refractivity contribution in [3.8, 4) is 5.75 Å². The van der Waals surface area contributed by atoms with Crippen LogP contribution in [-0.4, -0.2) is 37.5 Å². The van der Waals surface area contributed by atoms with Gasteiger partial charge in [-0.25, -0.2) is 0 Å². The summed E-state index contributed by atoms with van der Waals surface area (Å²) in [6.45, 7) is 0. The number of pyridine rings is 1. The maximum Gasteiger partial charge on any atom is 0.337 e. The molecule has 4 rings (SSSR count). The molecule has 2 atom stereocenters. The highest BCUT2D eigenvalue weighted by Crippen LogP contribution is 2.44. The molecule has 0 bridgehead atoms. The van der Waals surface area contributed by atoms with Crippen LogP contribution in [0, 0.1) is 0 Å². The topological polar surface area (TPSA) is 148 Å². The van der Waals surface area contributed by atoms with Gasteiger partial charge in [0, 0.05) is 11.8 Å². The first-order chi connectivity index (χ1) is 15.3. The summed E-state index contributed by atoms with van der Waals surface area (Å²) in [7, 11) is -10.1. The predicted molar refractivity (Wildman–Crippen MR) is 115 cm³/mol. The SMILES string of the molecule is O=S(=O)(Oc1cccnc1)C1N=NN=C(c2ccccc2)C1(c1ccccc1)S(=O)(=O)O. The van der Waals surface area contributed by atoms with Crippen LogP contribution in [0.15, 0.2) is 101 Å². The summed E-state index contributed by atoms with van der Waals surface area (Å²) in [5.74, 6) is -0.163. The van der Waals surface area contributed by atoms with Crippen molar-refractivity contribution in [3.63, 3.8) is 0 Å². The lowest BCUT2D eigenvalue weighted by molar-refractivity contribution is 0.420. The van der Waals surface area contributed by atoms with Crippen molar-refractivity contribution in [1.29, 1.82) is 0 Å². The first kappa shape index (κ1) is 21.7. The van der Waals surface area contributed by atoms with E-state index < -0.39 is 30.4 Å². The van der Waals surface area contributed by atoms with Gasteiger partial charge in [-0.1, -0.05) is 60.7 Å². The Morgan fingerprint density at radius 1 is 0.875 bits per heavy atom. The van der Waals surface area contributed by atoms with Gasteiger partial charge in [0.2, 0.25) is 10.1 Å². The third-order valence-corrected chi connectivity index (χ3v) is 7.81. The largest absolute Gasteiger partial charge is 0.379 e. The van der Waals surface area contributed by atoms with Gasteiger partial charge in [0.25, 0.3) is 10.1 Å². The first-order valence-electron chi connectivity index (χ1n) is 9.16. The number of aromatic nitrogens is 1. The molecule has 0 saturated carbocycles. The summed E-state index contributed by atoms with van der Waals surface area (Å²) in [5, 5.41) is 8.82. The molecule has 3 aromatic rings. The second kappa shape index (κ2) is 8.22. The molecule has 164 valence electrons. The Morgan fingerprint density at radius 3 is 2.12 bits per heavy atom. The van der Waals surface area contributed by atoms with Crippen LogP contribution in [0.5, 0.6) is 5.75 Å². The average molecular weight is 473 g/mol. The van der Waals surface area contributed by atoms with Crippen LogP contribution in [0.25, 0.3) is 0 Å². The summed E-state index contributed by atoms with van der Waals surface area (Å²) < 4.78 is 65.8. The fourth-order valence-corrected chi connectivity index (χ4v) is 6.59. The molecular weight excluding hydrogens is 456 g/mol. The zero-order valence-electron chi connectivity index (χ0n) is 16.3. The molecule has 2 unspecified atom stereocenters. The van der Waals surface area contributed by atoms with Crippen LogP contribution in [0.1, 0.15) is 11.1 Å². The first-order valence-corrected chi connectivity index (χ1v) is 12.1. The van der Waals surface area contributed by atoms with E-state index in [1.807, 2.05) is 0 Å². The van der Waals surface area contributed by atoms with E-state index in [9.17, 15) is 21.4 Å². The van der Waals surface area contributed by atoms with E-state index >= 15 is 0 Å². The molecule has 1 aliphatic heterocycles. The standard InChI is InChI=1S/C20H16N4O6S2/c25-31(26,30-17-12-7-13-21-14-17)19-20(32(27,28)29,16-10-5-2-6-11-16)18(22-24-23-19)15-8-3-1-4-9-15/h1-14,19H,(H,27,28,29). The maximum absolute atomic E-state index is 13.3. The molecule has 1 N–H and O–H groups in total. The van der Waals surface area contributed by atoms with E-state index in [0.29, 0.717) is 0 Å². The van der Waals surface area contributed by atoms with Gasteiger partial charge in [0.15, 0.2) is 5.75 Å². The van der Waals surface area contributed by atoms with Crippen LogP contribution in [0.2, 0.25) is 0 Å². The highest BCUT2D eigenvalue weighted by molar-refractivity contribution is 7.92. The number of hydrogen-bond donors (Lipinski definition) is 1. The minimum Gasteiger partial charge on any atom is -0.379 e. The van der Waals surface area contributed by atoms with E-state index in [0.717, 1.165) is 6.20 Å². The summed E-state index contributed by atoms with van der Waals surface area (Å²) in [6.07, 6.45) is 2.55. The molecule has 0 spiro atoms. The van der Waals surface area contributed by atoms with Gasteiger partial charge in [-0.05, 0) is 22.9 Å². The van der Waals surface area contributed by atoms with Crippen LogP contribution in [0.4, 0.5) is 0 Å². The van der Waals surface area contributed by atoms with Crippen molar-refractivity contribution in [1.82, 2.24) is 4.98 Å². The Kier molecular flexibility index (Phi) is 5.59. The Balaban J connectivity index is 2.01. The molecular formula is C20H16N4O6S2. The second-order valence-corrected chi connectivity index (χ2v) is 9.91. The van der Waals surface area contributed by atoms with Crippen molar-refractivity contribution in [2.45, 2.75) is 10.1 Å². The molecule has 12 heteroatoms. The quantitative estimate of drug-likeness (QED) is 0.428. The van der Waals surface area contributed by atoms with Crippen molar-refractivity contribution in [2.75, 3.05) is 0 Å². The Labute approximate surface area is 184 Å². The summed E-state index contributed by atoms with van der Waals surface area (Å²) in [6, 6.07) is 18.1. The van der Waals surface area contributed by atoms with Crippen LogP contribution in [-0.2, 0) is 25.0 Å². The lowest BCUT2D eigenvalue weighted by atomic mass is 9.88. The normalized spacial score (nSPS) is 21.0. The van der Waals surface area contributed by atoms with Crippen molar-refractivity contribution < 1.29 is 25.6 Å². The molecule has 0 aliphatic carbocycles. The van der Waals surface area contributed by atoms with E-state index in [-0.39, 0.29) is 22.6 Å². The fraction of sp³-hybridized carbons (Fsp3) is 0.100. The highest BCUT2D eigenvalue weighted by atomic mass is 32.2. The van der Waals surface area contributed by atoms with Gasteiger partial charge in [-0.3, -0.25) is 9.54 Å². The predicted octanol–water partition coefficient (Wildman–Crippen LogP) is 2.77. The lowest BCUT2D eigenvalue weighted by Gasteiger charge is -2.36. The van der Waals surface area contributed by atoms with E-state index in [1.165, 1.54) is 54.7 Å². The van der Waals surface area contributed by atoms with E-state index in [4.69, 9.17) is 4.18 Å². The maximum atomic E-state index is 13.3. The Morgan fingerprint density at radius 2 is 1.53 bits per heavy atom. The number of rotatable bonds is 6. The van der Waals surface area contributed by atoms with Gasteiger partial charge < -0.3 is 4.18 Å². The zero-order valence-corrected chi connectivity index (χ0v) is 17.9. The third kappa shape index (κ3) is 3.68. The molecule has 2 heterocycles. The zero-order chi connectivity index (χ0) is 22.8. The van der Waals surface area contributed by atoms with Crippen molar-refractivity contribution in [3.05, 3.63) is 96.3 Å². The number of benzene rings is 2. The Bertz CT molecular complexity index is 1380. The number of nitrogens with zero attached hydrogens (tertiary/aromatic N) is 4. The van der Waals surface area contributed by atoms with E-state index in [1.54, 1.807) is 24.3 Å². The Hall–Kier alpha value is -3.48. The smallest absolute Gasteiger partial charge is 0.337 e. The summed E-state index contributed by atoms with van der Waals surface area (Å²) >= 11 is 0. The van der Waals surface area contributed by atoms with Gasteiger partial charge in [-0.2, -0.15) is 16.8 Å². The van der Waals surface area contributed by atoms with Gasteiger partial charge in [0.1, 0.15) is 5.71 Å². The molecule has 2 aromatic carbocycles. The van der Waals surface area contributed by atoms with Crippen LogP contribution in [0.3, 0.4) is 0 Å². The summed E-state index contributed by atoms with van der Waals surface area (Å²) in [4.78, 5) is 3.78. The van der Waals surface area contributed by atoms with Gasteiger partial charge >= 0.3 is 10.1 Å². The minimum absolute atomic E-state index is 0.0767. The van der Waals surface area contributed by atoms with E-state index in [2.05, 4.69) is 20.4 Å². The molecule has 32 heavy (non-hydrogen) atoms. The molecule has 0 amide bonds. The lowest BCUT2D eigenvalue weighted by Crippen LogP contribution is -2.56. The molecule has 0 radical (unpaired) electrons. The van der Waals surface area contributed by atoms with Gasteiger partial charge in [0.05, 0.1) is 6.20 Å². The molecule has 1 aromatic heterocycles. The van der Waals surface area contributed by atoms with Gasteiger partial charge in [-0.15, -0.1) is 10.2 Å². The van der Waals surface area contributed by atoms with Crippen molar-refractivity contribution in [2.24, 2.45) is 15.4 Å². The minimum atomic E-state index is -5.22. The van der Waals surface area contributed by atoms with Crippen LogP contribution < -0.4 is 4.18 Å². The number of hydrogen-bond acceptors (Lipinski definition) is 9.